The van der Waals surface area contributed by atoms with Gasteiger partial charge in [0.2, 0.25) is 5.88 Å². The predicted molar refractivity (Wildman–Crippen MR) is 80.4 cm³/mol. The number of nitrogens with zero attached hydrogens (tertiary/aromatic N) is 1. The van der Waals surface area contributed by atoms with E-state index in [2.05, 4.69) is 4.98 Å². The molecule has 118 valence electrons. The normalized spacial score (nSPS) is 11.0. The second-order valence-corrected chi connectivity index (χ2v) is 5.66. The van der Waals surface area contributed by atoms with Crippen LogP contribution in [0.3, 0.4) is 0 Å². The van der Waals surface area contributed by atoms with Crippen molar-refractivity contribution in [2.45, 2.75) is 45.6 Å². The van der Waals surface area contributed by atoms with Gasteiger partial charge in [-0.3, -0.25) is 4.79 Å². The molecule has 2 N–H and O–H groups in total. The van der Waals surface area contributed by atoms with Crippen molar-refractivity contribution < 1.29 is 19.0 Å². The van der Waals surface area contributed by atoms with Crippen LogP contribution in [0.15, 0.2) is 12.3 Å². The van der Waals surface area contributed by atoms with Gasteiger partial charge in [0.1, 0.15) is 11.4 Å². The first-order chi connectivity index (χ1) is 9.81. The SMILES string of the molecule is COc1ncc(OCCCCC(=O)OC(C)(C)C)cc1N. The number of methoxy groups -OCH3 is 1. The number of carbonyl (C=O) groups excluding carboxylic acids is 1. The molecule has 0 unspecified atom stereocenters. The molecule has 1 aromatic heterocycles. The van der Waals surface area contributed by atoms with Gasteiger partial charge in [-0.15, -0.1) is 0 Å². The zero-order chi connectivity index (χ0) is 15.9. The van der Waals surface area contributed by atoms with Gasteiger partial charge in [0, 0.05) is 12.5 Å². The van der Waals surface area contributed by atoms with Gasteiger partial charge in [-0.2, -0.15) is 0 Å². The van der Waals surface area contributed by atoms with Crippen molar-refractivity contribution in [2.24, 2.45) is 0 Å². The summed E-state index contributed by atoms with van der Waals surface area (Å²) in [4.78, 5) is 15.5. The van der Waals surface area contributed by atoms with Crippen LogP contribution in [-0.4, -0.2) is 30.3 Å². The van der Waals surface area contributed by atoms with E-state index in [0.29, 0.717) is 36.8 Å². The van der Waals surface area contributed by atoms with E-state index in [-0.39, 0.29) is 5.97 Å². The van der Waals surface area contributed by atoms with Crippen molar-refractivity contribution in [1.29, 1.82) is 0 Å². The minimum absolute atomic E-state index is 0.183. The fraction of sp³-hybridized carbons (Fsp3) is 0.600. The number of hydrogen-bond donors (Lipinski definition) is 1. The van der Waals surface area contributed by atoms with Crippen LogP contribution in [-0.2, 0) is 9.53 Å². The van der Waals surface area contributed by atoms with Gasteiger partial charge in [0.15, 0.2) is 0 Å². The highest BCUT2D eigenvalue weighted by molar-refractivity contribution is 5.69. The molecule has 0 fully saturated rings. The van der Waals surface area contributed by atoms with Gasteiger partial charge in [-0.05, 0) is 33.6 Å². The summed E-state index contributed by atoms with van der Waals surface area (Å²) in [5.74, 6) is 0.788. The molecule has 0 saturated carbocycles. The predicted octanol–water partition coefficient (Wildman–Crippen LogP) is 2.56. The molecular weight excluding hydrogens is 272 g/mol. The van der Waals surface area contributed by atoms with E-state index in [4.69, 9.17) is 19.9 Å². The quantitative estimate of drug-likeness (QED) is 0.615. The van der Waals surface area contributed by atoms with E-state index in [9.17, 15) is 4.79 Å². The molecule has 0 saturated heterocycles. The molecule has 0 aliphatic heterocycles. The lowest BCUT2D eigenvalue weighted by molar-refractivity contribution is -0.154. The Kier molecular flexibility index (Phi) is 6.27. The first kappa shape index (κ1) is 17.1. The molecule has 0 spiro atoms. The molecule has 0 aliphatic rings. The number of hydrogen-bond acceptors (Lipinski definition) is 6. The lowest BCUT2D eigenvalue weighted by atomic mass is 10.2. The van der Waals surface area contributed by atoms with Crippen molar-refractivity contribution >= 4 is 11.7 Å². The third-order valence-corrected chi connectivity index (χ3v) is 2.51. The molecule has 1 aromatic rings. The smallest absolute Gasteiger partial charge is 0.306 e. The van der Waals surface area contributed by atoms with E-state index < -0.39 is 5.60 Å². The average molecular weight is 296 g/mol. The average Bonchev–Trinajstić information content (AvgIpc) is 2.36. The van der Waals surface area contributed by atoms with Crippen molar-refractivity contribution in [1.82, 2.24) is 4.98 Å². The number of anilines is 1. The number of rotatable bonds is 7. The largest absolute Gasteiger partial charge is 0.492 e. The highest BCUT2D eigenvalue weighted by atomic mass is 16.6. The molecule has 1 rings (SSSR count). The Morgan fingerprint density at radius 1 is 1.33 bits per heavy atom. The fourth-order valence-corrected chi connectivity index (χ4v) is 1.65. The summed E-state index contributed by atoms with van der Waals surface area (Å²) in [5, 5.41) is 0. The third kappa shape index (κ3) is 6.83. The summed E-state index contributed by atoms with van der Waals surface area (Å²) >= 11 is 0. The Bertz CT molecular complexity index is 469. The lowest BCUT2D eigenvalue weighted by Gasteiger charge is -2.19. The van der Waals surface area contributed by atoms with Crippen molar-refractivity contribution in [3.8, 4) is 11.6 Å². The summed E-state index contributed by atoms with van der Waals surface area (Å²) in [5.41, 5.74) is 5.74. The molecule has 0 radical (unpaired) electrons. The van der Waals surface area contributed by atoms with Crippen molar-refractivity contribution in [2.75, 3.05) is 19.5 Å². The number of esters is 1. The van der Waals surface area contributed by atoms with Crippen molar-refractivity contribution in [3.63, 3.8) is 0 Å². The van der Waals surface area contributed by atoms with Gasteiger partial charge < -0.3 is 19.9 Å². The molecule has 21 heavy (non-hydrogen) atoms. The highest BCUT2D eigenvalue weighted by Crippen LogP contribution is 2.22. The van der Waals surface area contributed by atoms with E-state index in [1.165, 1.54) is 7.11 Å². The number of nitrogens with two attached hydrogens (primary N) is 1. The summed E-state index contributed by atoms with van der Waals surface area (Å²) < 4.78 is 15.7. The maximum Gasteiger partial charge on any atom is 0.306 e. The second-order valence-electron chi connectivity index (χ2n) is 5.66. The zero-order valence-electron chi connectivity index (χ0n) is 13.1. The van der Waals surface area contributed by atoms with Crippen LogP contribution in [0.25, 0.3) is 0 Å². The van der Waals surface area contributed by atoms with Gasteiger partial charge in [0.05, 0.1) is 25.6 Å². The number of carbonyl (C=O) groups is 1. The van der Waals surface area contributed by atoms with Crippen LogP contribution in [0.4, 0.5) is 5.69 Å². The molecule has 0 amide bonds. The topological polar surface area (TPSA) is 83.7 Å². The Morgan fingerprint density at radius 2 is 2.05 bits per heavy atom. The van der Waals surface area contributed by atoms with Crippen LogP contribution >= 0.6 is 0 Å². The van der Waals surface area contributed by atoms with Gasteiger partial charge >= 0.3 is 5.97 Å². The first-order valence-electron chi connectivity index (χ1n) is 6.96. The lowest BCUT2D eigenvalue weighted by Crippen LogP contribution is -2.23. The second kappa shape index (κ2) is 7.71. The zero-order valence-corrected chi connectivity index (χ0v) is 13.1. The maximum atomic E-state index is 11.5. The van der Waals surface area contributed by atoms with Gasteiger partial charge in [-0.1, -0.05) is 0 Å². The fourth-order valence-electron chi connectivity index (χ4n) is 1.65. The minimum Gasteiger partial charge on any atom is -0.492 e. The van der Waals surface area contributed by atoms with Crippen LogP contribution < -0.4 is 15.2 Å². The van der Waals surface area contributed by atoms with E-state index in [1.807, 2.05) is 20.8 Å². The molecule has 0 atom stereocenters. The molecule has 6 nitrogen and oxygen atoms in total. The molecule has 0 aliphatic carbocycles. The number of nitrogen functional groups attached to an aromatic ring is 1. The van der Waals surface area contributed by atoms with E-state index >= 15 is 0 Å². The van der Waals surface area contributed by atoms with E-state index in [1.54, 1.807) is 12.3 Å². The van der Waals surface area contributed by atoms with Crippen LogP contribution in [0.5, 0.6) is 11.6 Å². The monoisotopic (exact) mass is 296 g/mol. The molecule has 0 bridgehead atoms. The number of unbranched alkanes of at least 4 members (excludes halogenated alkanes) is 1. The van der Waals surface area contributed by atoms with Crippen LogP contribution in [0, 0.1) is 0 Å². The highest BCUT2D eigenvalue weighted by Gasteiger charge is 2.15. The summed E-state index contributed by atoms with van der Waals surface area (Å²) in [7, 11) is 1.51. The summed E-state index contributed by atoms with van der Waals surface area (Å²) in [6, 6.07) is 1.67. The standard InChI is InChI=1S/C15H24N2O4/c1-15(2,3)21-13(18)7-5-6-8-20-11-9-12(16)14(19-4)17-10-11/h9-10H,5-8,16H2,1-4H3. The molecule has 6 heteroatoms. The van der Waals surface area contributed by atoms with Crippen molar-refractivity contribution in [3.05, 3.63) is 12.3 Å². The number of pyridine rings is 1. The first-order valence-corrected chi connectivity index (χ1v) is 6.96. The third-order valence-electron chi connectivity index (χ3n) is 2.51. The van der Waals surface area contributed by atoms with Gasteiger partial charge in [0.25, 0.3) is 0 Å². The summed E-state index contributed by atoms with van der Waals surface area (Å²) in [6.07, 6.45) is 3.42. The van der Waals surface area contributed by atoms with E-state index in [0.717, 1.165) is 6.42 Å². The Balaban J connectivity index is 2.23. The van der Waals surface area contributed by atoms with Crippen LogP contribution in [0.1, 0.15) is 40.0 Å². The summed E-state index contributed by atoms with van der Waals surface area (Å²) in [6.45, 7) is 6.07. The molecule has 1 heterocycles. The Labute approximate surface area is 125 Å². The Hall–Kier alpha value is -1.98. The molecular formula is C15H24N2O4. The minimum atomic E-state index is -0.431. The number of ether oxygens (including phenoxy) is 3. The molecule has 0 aromatic carbocycles. The Morgan fingerprint density at radius 3 is 2.62 bits per heavy atom. The maximum absolute atomic E-state index is 11.5. The van der Waals surface area contributed by atoms with Gasteiger partial charge in [-0.25, -0.2) is 4.98 Å². The van der Waals surface area contributed by atoms with Crippen LogP contribution in [0.2, 0.25) is 0 Å². The number of aromatic nitrogens is 1.